The fourth-order valence-corrected chi connectivity index (χ4v) is 10.8. The largest absolute Gasteiger partial charge is 0.462 e. The Morgan fingerprint density at radius 3 is 2.23 bits per heavy atom. The van der Waals surface area contributed by atoms with E-state index in [1.54, 1.807) is 5.57 Å². The molecule has 1 unspecified atom stereocenters. The van der Waals surface area contributed by atoms with Crippen molar-refractivity contribution in [3.63, 3.8) is 0 Å². The molecule has 8 atom stereocenters. The van der Waals surface area contributed by atoms with Gasteiger partial charge in [-0.05, 0) is 136 Å². The maximum absolute atomic E-state index is 12.8. The van der Waals surface area contributed by atoms with Crippen molar-refractivity contribution in [2.24, 2.45) is 46.3 Å². The first-order valence-corrected chi connectivity index (χ1v) is 20.5. The van der Waals surface area contributed by atoms with Gasteiger partial charge in [0.25, 0.3) is 0 Å². The SMILES string of the molecule is CCCCC/C=C\C/C=C\C/C=C\CCCCC(=O)O[C@H]1CC[C@@]2(C)C(=CC[C@@H]3[C@@H]2CC[C@]2(C)C([C@H](C)CCCC(C)C)CC[C@@H]32)C1. The van der Waals surface area contributed by atoms with Crippen LogP contribution in [0.1, 0.15) is 176 Å². The Labute approximate surface area is 291 Å². The second-order valence-electron chi connectivity index (χ2n) is 17.3. The van der Waals surface area contributed by atoms with Gasteiger partial charge < -0.3 is 4.74 Å². The number of esters is 1. The van der Waals surface area contributed by atoms with E-state index in [2.05, 4.69) is 84.1 Å². The van der Waals surface area contributed by atoms with E-state index in [0.717, 1.165) is 80.5 Å². The van der Waals surface area contributed by atoms with Crippen molar-refractivity contribution < 1.29 is 9.53 Å². The van der Waals surface area contributed by atoms with Crippen LogP contribution in [0, 0.1) is 46.3 Å². The van der Waals surface area contributed by atoms with Gasteiger partial charge in [0.2, 0.25) is 0 Å². The minimum Gasteiger partial charge on any atom is -0.462 e. The molecule has 0 aromatic heterocycles. The van der Waals surface area contributed by atoms with Gasteiger partial charge in [0, 0.05) is 12.8 Å². The predicted octanol–water partition coefficient (Wildman–Crippen LogP) is 13.5. The van der Waals surface area contributed by atoms with Gasteiger partial charge in [-0.2, -0.15) is 0 Å². The highest BCUT2D eigenvalue weighted by molar-refractivity contribution is 5.69. The molecule has 2 nitrogen and oxygen atoms in total. The smallest absolute Gasteiger partial charge is 0.306 e. The number of ether oxygens (including phenoxy) is 1. The zero-order valence-corrected chi connectivity index (χ0v) is 31.7. The second kappa shape index (κ2) is 19.0. The third kappa shape index (κ3) is 10.5. The van der Waals surface area contributed by atoms with Gasteiger partial charge in [0.05, 0.1) is 0 Å². The minimum absolute atomic E-state index is 0.0236. The lowest BCUT2D eigenvalue weighted by Crippen LogP contribution is -2.51. The maximum atomic E-state index is 12.8. The summed E-state index contributed by atoms with van der Waals surface area (Å²) in [5.74, 6) is 5.25. The van der Waals surface area contributed by atoms with Crippen molar-refractivity contribution in [2.75, 3.05) is 0 Å². The normalized spacial score (nSPS) is 32.9. The number of fused-ring (bicyclic) bond motifs is 5. The van der Waals surface area contributed by atoms with E-state index >= 15 is 0 Å². The Morgan fingerprint density at radius 1 is 0.830 bits per heavy atom. The van der Waals surface area contributed by atoms with Crippen molar-refractivity contribution in [3.05, 3.63) is 48.1 Å². The van der Waals surface area contributed by atoms with Crippen molar-refractivity contribution in [3.8, 4) is 0 Å². The van der Waals surface area contributed by atoms with Crippen LogP contribution in [0.3, 0.4) is 0 Å². The Morgan fingerprint density at radius 2 is 1.53 bits per heavy atom. The van der Waals surface area contributed by atoms with Gasteiger partial charge in [-0.15, -0.1) is 0 Å². The number of rotatable bonds is 19. The highest BCUT2D eigenvalue weighted by atomic mass is 16.5. The van der Waals surface area contributed by atoms with E-state index in [-0.39, 0.29) is 12.1 Å². The zero-order chi connectivity index (χ0) is 33.7. The first kappa shape index (κ1) is 38.2. The van der Waals surface area contributed by atoms with Crippen LogP contribution < -0.4 is 0 Å². The summed E-state index contributed by atoms with van der Waals surface area (Å²) in [5.41, 5.74) is 2.50. The summed E-state index contributed by atoms with van der Waals surface area (Å²) in [5, 5.41) is 0. The molecule has 4 aliphatic rings. The summed E-state index contributed by atoms with van der Waals surface area (Å²) >= 11 is 0. The maximum Gasteiger partial charge on any atom is 0.306 e. The molecule has 0 heterocycles. The average molecular weight is 647 g/mol. The van der Waals surface area contributed by atoms with Crippen LogP contribution in [0.5, 0.6) is 0 Å². The minimum atomic E-state index is 0.0236. The Hall–Kier alpha value is -1.57. The van der Waals surface area contributed by atoms with Crippen LogP contribution in [0.25, 0.3) is 0 Å². The summed E-state index contributed by atoms with van der Waals surface area (Å²) in [6.45, 7) is 14.9. The van der Waals surface area contributed by atoms with Crippen LogP contribution in [0.2, 0.25) is 0 Å². The van der Waals surface area contributed by atoms with Crippen LogP contribution in [-0.4, -0.2) is 12.1 Å². The van der Waals surface area contributed by atoms with Gasteiger partial charge in [-0.3, -0.25) is 4.79 Å². The molecule has 2 heteroatoms. The van der Waals surface area contributed by atoms with E-state index in [1.807, 2.05) is 0 Å². The number of carbonyl (C=O) groups excluding carboxylic acids is 1. The topological polar surface area (TPSA) is 26.3 Å². The molecule has 0 saturated heterocycles. The first-order chi connectivity index (χ1) is 22.7. The van der Waals surface area contributed by atoms with Crippen LogP contribution in [-0.2, 0) is 9.53 Å². The fraction of sp³-hybridized carbons (Fsp3) is 0.800. The molecule has 266 valence electrons. The second-order valence-corrected chi connectivity index (χ2v) is 17.3. The zero-order valence-electron chi connectivity index (χ0n) is 31.7. The van der Waals surface area contributed by atoms with Gasteiger partial charge in [-0.1, -0.05) is 122 Å². The number of carbonyl (C=O) groups is 1. The molecular weight excluding hydrogens is 572 g/mol. The average Bonchev–Trinajstić information content (AvgIpc) is 3.40. The highest BCUT2D eigenvalue weighted by Gasteiger charge is 2.59. The summed E-state index contributed by atoms with van der Waals surface area (Å²) < 4.78 is 6.10. The third-order valence-electron chi connectivity index (χ3n) is 13.6. The Bertz CT molecular complexity index is 1060. The molecule has 0 bridgehead atoms. The lowest BCUT2D eigenvalue weighted by atomic mass is 9.47. The molecule has 0 radical (unpaired) electrons. The van der Waals surface area contributed by atoms with E-state index < -0.39 is 0 Å². The fourth-order valence-electron chi connectivity index (χ4n) is 10.8. The van der Waals surface area contributed by atoms with Crippen molar-refractivity contribution in [2.45, 2.75) is 182 Å². The molecule has 4 rings (SSSR count). The third-order valence-corrected chi connectivity index (χ3v) is 13.6. The van der Waals surface area contributed by atoms with E-state index in [0.29, 0.717) is 17.3 Å². The molecule has 4 aliphatic carbocycles. The van der Waals surface area contributed by atoms with Gasteiger partial charge >= 0.3 is 5.97 Å². The molecule has 47 heavy (non-hydrogen) atoms. The molecule has 3 saturated carbocycles. The van der Waals surface area contributed by atoms with E-state index in [9.17, 15) is 4.79 Å². The molecular formula is C45H74O2. The van der Waals surface area contributed by atoms with Crippen LogP contribution >= 0.6 is 0 Å². The summed E-state index contributed by atoms with van der Waals surface area (Å²) in [6, 6.07) is 0. The van der Waals surface area contributed by atoms with Crippen molar-refractivity contribution in [1.82, 2.24) is 0 Å². The predicted molar refractivity (Wildman–Crippen MR) is 202 cm³/mol. The van der Waals surface area contributed by atoms with Gasteiger partial charge in [0.1, 0.15) is 6.10 Å². The Balaban J connectivity index is 1.15. The standard InChI is InChI=1S/C45H74O2/c1-7-8-9-10-11-12-13-14-15-16-17-18-19-20-21-25-43(46)47-38-30-32-44(5)37(34-38)26-27-39-41-29-28-40(36(4)24-22-23-35(2)3)45(41,6)33-31-42(39)44/h11-12,14-15,17-18,26,35-36,38-42H,7-10,13,16,19-25,27-34H2,1-6H3/b12-11-,15-14-,18-17-/t36-,38+,39+,40?,41+,42+,44+,45-/m1/s1. The number of hydrogen-bond donors (Lipinski definition) is 0. The molecule has 0 N–H and O–H groups in total. The molecule has 0 aromatic carbocycles. The lowest BCUT2D eigenvalue weighted by molar-refractivity contribution is -0.151. The summed E-state index contributed by atoms with van der Waals surface area (Å²) in [6.07, 6.45) is 41.7. The quantitative estimate of drug-likeness (QED) is 0.0793. The highest BCUT2D eigenvalue weighted by Crippen LogP contribution is 2.67. The lowest BCUT2D eigenvalue weighted by Gasteiger charge is -2.58. The monoisotopic (exact) mass is 647 g/mol. The summed E-state index contributed by atoms with van der Waals surface area (Å²) in [7, 11) is 0. The van der Waals surface area contributed by atoms with Gasteiger partial charge in [0.15, 0.2) is 0 Å². The van der Waals surface area contributed by atoms with Crippen molar-refractivity contribution in [1.29, 1.82) is 0 Å². The van der Waals surface area contributed by atoms with Gasteiger partial charge in [-0.25, -0.2) is 0 Å². The molecule has 0 spiro atoms. The number of unbranched alkanes of at least 4 members (excludes halogenated alkanes) is 5. The van der Waals surface area contributed by atoms with Crippen molar-refractivity contribution >= 4 is 5.97 Å². The van der Waals surface area contributed by atoms with Crippen LogP contribution in [0.4, 0.5) is 0 Å². The number of hydrogen-bond acceptors (Lipinski definition) is 2. The number of allylic oxidation sites excluding steroid dienone is 7. The Kier molecular flexibility index (Phi) is 15.4. The molecule has 0 aromatic rings. The van der Waals surface area contributed by atoms with E-state index in [1.165, 1.54) is 83.5 Å². The molecule has 3 fully saturated rings. The van der Waals surface area contributed by atoms with Crippen LogP contribution in [0.15, 0.2) is 48.1 Å². The summed E-state index contributed by atoms with van der Waals surface area (Å²) in [4.78, 5) is 12.8. The molecule has 0 aliphatic heterocycles. The molecule has 0 amide bonds. The van der Waals surface area contributed by atoms with E-state index in [4.69, 9.17) is 4.74 Å². The first-order valence-electron chi connectivity index (χ1n) is 20.5.